The number of fused-ring (bicyclic) bond motifs is 4. The topological polar surface area (TPSA) is 71.8 Å². The molecule has 1 aromatic heterocycles. The standard InChI is InChI=1S/C35H45N5O2/c1-21-19-39(20-22(2)42-21)34(38-30-17-25-16-29(23(30)3)35(25,4)5)36-26-13-14-28-31(18-26)37-32-27(24-10-7-6-8-11-24)12-9-15-40(32)33(28)41/h6-8,10-11,13-14,18,21-23,25,27,29-30H,9,12,15-17,19-20H2,1-5H3,(H,36,38)/t21-,22+,23?,25-,27?,29+,30-/m0/s1. The van der Waals surface area contributed by atoms with Gasteiger partial charge < -0.3 is 15.0 Å². The second-order valence-electron chi connectivity index (χ2n) is 14.0. The lowest BCUT2D eigenvalue weighted by Gasteiger charge is -2.61. The highest BCUT2D eigenvalue weighted by atomic mass is 16.5. The van der Waals surface area contributed by atoms with E-state index in [0.717, 1.165) is 73.7 Å². The zero-order chi connectivity index (χ0) is 29.2. The summed E-state index contributed by atoms with van der Waals surface area (Å²) in [5, 5.41) is 4.39. The Hall–Kier alpha value is -3.19. The average Bonchev–Trinajstić information content (AvgIpc) is 2.97. The van der Waals surface area contributed by atoms with E-state index < -0.39 is 0 Å². The number of benzene rings is 2. The first kappa shape index (κ1) is 27.6. The molecule has 1 N–H and O–H groups in total. The molecule has 3 aliphatic carbocycles. The molecule has 2 unspecified atom stereocenters. The van der Waals surface area contributed by atoms with Crippen molar-refractivity contribution >= 4 is 22.5 Å². The van der Waals surface area contributed by atoms with E-state index in [1.54, 1.807) is 0 Å². The molecule has 5 aliphatic rings. The molecule has 2 aromatic carbocycles. The Morgan fingerprint density at radius 1 is 1.05 bits per heavy atom. The lowest BCUT2D eigenvalue weighted by molar-refractivity contribution is -0.108. The number of nitrogens with zero attached hydrogens (tertiary/aromatic N) is 4. The van der Waals surface area contributed by atoms with Gasteiger partial charge in [0.15, 0.2) is 5.96 Å². The van der Waals surface area contributed by atoms with E-state index >= 15 is 0 Å². The third-order valence-corrected chi connectivity index (χ3v) is 11.0. The van der Waals surface area contributed by atoms with Crippen LogP contribution in [0.1, 0.15) is 77.6 Å². The number of guanidine groups is 1. The van der Waals surface area contributed by atoms with Crippen molar-refractivity contribution in [2.75, 3.05) is 18.4 Å². The van der Waals surface area contributed by atoms with E-state index in [4.69, 9.17) is 14.7 Å². The summed E-state index contributed by atoms with van der Waals surface area (Å²) >= 11 is 0. The van der Waals surface area contributed by atoms with E-state index in [0.29, 0.717) is 22.8 Å². The Balaban J connectivity index is 1.24. The molecule has 7 nitrogen and oxygen atoms in total. The van der Waals surface area contributed by atoms with Gasteiger partial charge in [-0.3, -0.25) is 9.36 Å². The summed E-state index contributed by atoms with van der Waals surface area (Å²) in [6.45, 7) is 13.9. The van der Waals surface area contributed by atoms with Crippen molar-refractivity contribution in [2.45, 2.75) is 91.0 Å². The number of nitrogens with one attached hydrogen (secondary N) is 1. The molecule has 42 heavy (non-hydrogen) atoms. The highest BCUT2D eigenvalue weighted by Crippen LogP contribution is 2.61. The largest absolute Gasteiger partial charge is 0.372 e. The molecule has 8 rings (SSSR count). The Kier molecular flexibility index (Phi) is 6.92. The van der Waals surface area contributed by atoms with Gasteiger partial charge in [0.2, 0.25) is 0 Å². The van der Waals surface area contributed by atoms with Crippen molar-refractivity contribution in [1.82, 2.24) is 14.5 Å². The van der Waals surface area contributed by atoms with Crippen LogP contribution in [-0.4, -0.2) is 51.7 Å². The first-order valence-corrected chi connectivity index (χ1v) is 16.0. The molecule has 222 valence electrons. The molecule has 3 aromatic rings. The summed E-state index contributed by atoms with van der Waals surface area (Å²) in [6.07, 6.45) is 4.74. The second kappa shape index (κ2) is 10.5. The van der Waals surface area contributed by atoms with Crippen LogP contribution in [0.15, 0.2) is 58.3 Å². The van der Waals surface area contributed by atoms with Crippen LogP contribution >= 0.6 is 0 Å². The van der Waals surface area contributed by atoms with Crippen molar-refractivity contribution in [3.8, 4) is 0 Å². The fourth-order valence-corrected chi connectivity index (χ4v) is 8.50. The van der Waals surface area contributed by atoms with Crippen LogP contribution in [0.3, 0.4) is 0 Å². The van der Waals surface area contributed by atoms with Gasteiger partial charge in [0.1, 0.15) is 5.82 Å². The zero-order valence-corrected chi connectivity index (χ0v) is 25.7. The Morgan fingerprint density at radius 2 is 1.81 bits per heavy atom. The maximum Gasteiger partial charge on any atom is 0.261 e. The predicted molar refractivity (Wildman–Crippen MR) is 169 cm³/mol. The summed E-state index contributed by atoms with van der Waals surface area (Å²) in [4.78, 5) is 26.6. The van der Waals surface area contributed by atoms with Crippen LogP contribution in [0.2, 0.25) is 0 Å². The third-order valence-electron chi connectivity index (χ3n) is 11.0. The van der Waals surface area contributed by atoms with E-state index in [1.807, 2.05) is 28.8 Å². The van der Waals surface area contributed by atoms with Gasteiger partial charge in [0.25, 0.3) is 5.56 Å². The van der Waals surface area contributed by atoms with Crippen LogP contribution in [0.5, 0.6) is 0 Å². The van der Waals surface area contributed by atoms with Crippen LogP contribution in [0.25, 0.3) is 10.9 Å². The highest BCUT2D eigenvalue weighted by molar-refractivity contribution is 5.96. The minimum atomic E-state index is 0.0600. The van der Waals surface area contributed by atoms with Crippen LogP contribution < -0.4 is 10.9 Å². The number of hydrogen-bond acceptors (Lipinski definition) is 4. The van der Waals surface area contributed by atoms with Gasteiger partial charge in [-0.05, 0) is 86.5 Å². The monoisotopic (exact) mass is 567 g/mol. The van der Waals surface area contributed by atoms with Gasteiger partial charge in [-0.15, -0.1) is 0 Å². The molecule has 3 saturated carbocycles. The number of aromatic nitrogens is 2. The maximum absolute atomic E-state index is 13.6. The molecule has 4 fully saturated rings. The summed E-state index contributed by atoms with van der Waals surface area (Å²) < 4.78 is 7.98. The van der Waals surface area contributed by atoms with Gasteiger partial charge in [-0.25, -0.2) is 9.98 Å². The van der Waals surface area contributed by atoms with E-state index in [2.05, 4.69) is 69.1 Å². The fraction of sp³-hybridized carbons (Fsp3) is 0.571. The summed E-state index contributed by atoms with van der Waals surface area (Å²) in [7, 11) is 0. The van der Waals surface area contributed by atoms with Crippen molar-refractivity contribution in [3.63, 3.8) is 0 Å². The van der Waals surface area contributed by atoms with Crippen molar-refractivity contribution in [1.29, 1.82) is 0 Å². The van der Waals surface area contributed by atoms with E-state index in [-0.39, 0.29) is 23.7 Å². The third kappa shape index (κ3) is 4.74. The molecule has 7 atom stereocenters. The summed E-state index contributed by atoms with van der Waals surface area (Å²) in [5.41, 5.74) is 3.38. The molecule has 0 radical (unpaired) electrons. The molecular formula is C35H45N5O2. The van der Waals surface area contributed by atoms with Crippen molar-refractivity contribution in [2.24, 2.45) is 28.2 Å². The Labute approximate surface area is 249 Å². The van der Waals surface area contributed by atoms with E-state index in [9.17, 15) is 4.79 Å². The number of rotatable bonds is 3. The first-order valence-electron chi connectivity index (χ1n) is 16.0. The lowest BCUT2D eigenvalue weighted by Crippen LogP contribution is -2.57. The summed E-state index contributed by atoms with van der Waals surface area (Å²) in [6, 6.07) is 16.8. The average molecular weight is 568 g/mol. The SMILES string of the molecule is CC1[C@@H](N=C(Nc2ccc3c(=O)n4c(nc3c2)C(c2ccccc2)CCC4)N2C[C@@H](C)O[C@@H](C)C2)C[C@@H]2C[C@H]1C2(C)C. The molecular weight excluding hydrogens is 522 g/mol. The van der Waals surface area contributed by atoms with Gasteiger partial charge in [-0.1, -0.05) is 51.1 Å². The molecule has 0 spiro atoms. The Morgan fingerprint density at radius 3 is 2.52 bits per heavy atom. The van der Waals surface area contributed by atoms with Gasteiger partial charge >= 0.3 is 0 Å². The molecule has 3 heterocycles. The van der Waals surface area contributed by atoms with Crippen molar-refractivity contribution < 1.29 is 4.74 Å². The predicted octanol–water partition coefficient (Wildman–Crippen LogP) is 6.27. The van der Waals surface area contributed by atoms with Crippen LogP contribution in [0.4, 0.5) is 5.69 Å². The summed E-state index contributed by atoms with van der Waals surface area (Å²) in [5.74, 6) is 3.96. The quantitative estimate of drug-likeness (QED) is 0.298. The van der Waals surface area contributed by atoms with Crippen molar-refractivity contribution in [3.05, 3.63) is 70.3 Å². The smallest absolute Gasteiger partial charge is 0.261 e. The van der Waals surface area contributed by atoms with Crippen LogP contribution in [-0.2, 0) is 11.3 Å². The van der Waals surface area contributed by atoms with Crippen LogP contribution in [0, 0.1) is 23.2 Å². The first-order chi connectivity index (χ1) is 20.2. The fourth-order valence-electron chi connectivity index (χ4n) is 8.50. The van der Waals surface area contributed by atoms with Gasteiger partial charge in [0, 0.05) is 31.2 Å². The van der Waals surface area contributed by atoms with Gasteiger partial charge in [0.05, 0.1) is 29.2 Å². The Bertz CT molecular complexity index is 1550. The minimum absolute atomic E-state index is 0.0600. The lowest BCUT2D eigenvalue weighted by atomic mass is 9.45. The number of anilines is 1. The zero-order valence-electron chi connectivity index (χ0n) is 25.7. The number of hydrogen-bond donors (Lipinski definition) is 1. The number of ether oxygens (including phenoxy) is 1. The minimum Gasteiger partial charge on any atom is -0.372 e. The highest BCUT2D eigenvalue weighted by Gasteiger charge is 2.56. The molecule has 2 aliphatic heterocycles. The maximum atomic E-state index is 13.6. The molecule has 0 amide bonds. The second-order valence-corrected chi connectivity index (χ2v) is 14.0. The molecule has 1 saturated heterocycles. The normalized spacial score (nSPS) is 32.3. The molecule has 7 heteroatoms. The van der Waals surface area contributed by atoms with E-state index in [1.165, 1.54) is 12.0 Å². The number of morpholine rings is 1. The van der Waals surface area contributed by atoms with Gasteiger partial charge in [-0.2, -0.15) is 0 Å². The number of aliphatic imine (C=N–C) groups is 1. The molecule has 2 bridgehead atoms.